The molecule has 1 atom stereocenters. The molecule has 1 unspecified atom stereocenters. The van der Waals surface area contributed by atoms with Crippen molar-refractivity contribution in [2.75, 3.05) is 6.54 Å². The van der Waals surface area contributed by atoms with E-state index in [0.29, 0.717) is 11.1 Å². The highest BCUT2D eigenvalue weighted by Crippen LogP contribution is 2.32. The van der Waals surface area contributed by atoms with Gasteiger partial charge in [-0.05, 0) is 23.6 Å². The Hall–Kier alpha value is -2.31. The Kier molecular flexibility index (Phi) is 3.64. The molecular weight excluding hydrogens is 290 g/mol. The highest BCUT2D eigenvalue weighted by Gasteiger charge is 2.34. The molecule has 2 N–H and O–H groups in total. The summed E-state index contributed by atoms with van der Waals surface area (Å²) in [6.45, 7) is 0.0387. The topological polar surface area (TPSA) is 75.6 Å². The van der Waals surface area contributed by atoms with Crippen molar-refractivity contribution in [1.82, 2.24) is 5.32 Å². The molecule has 0 spiro atoms. The van der Waals surface area contributed by atoms with Crippen LogP contribution in [0.25, 0.3) is 0 Å². The quantitative estimate of drug-likeness (QED) is 0.759. The molecule has 21 heavy (non-hydrogen) atoms. The Balaban J connectivity index is 1.83. The summed E-state index contributed by atoms with van der Waals surface area (Å²) < 4.78 is 9.93. The van der Waals surface area contributed by atoms with E-state index in [-0.39, 0.29) is 12.5 Å². The van der Waals surface area contributed by atoms with E-state index in [9.17, 15) is 9.90 Å². The lowest BCUT2D eigenvalue weighted by atomic mass is 9.94. The number of amides is 1. The molecular formula is C15H13NO4S. The molecule has 0 aliphatic heterocycles. The largest absolute Gasteiger partial charge is 0.472 e. The van der Waals surface area contributed by atoms with Crippen molar-refractivity contribution in [2.24, 2.45) is 0 Å². The van der Waals surface area contributed by atoms with Crippen LogP contribution in [0.4, 0.5) is 0 Å². The molecule has 0 saturated carbocycles. The van der Waals surface area contributed by atoms with Gasteiger partial charge in [-0.15, -0.1) is 11.3 Å². The predicted molar refractivity (Wildman–Crippen MR) is 77.1 cm³/mol. The van der Waals surface area contributed by atoms with E-state index >= 15 is 0 Å². The molecule has 3 aromatic rings. The molecule has 3 heterocycles. The number of aliphatic hydroxyl groups is 1. The van der Waals surface area contributed by atoms with Gasteiger partial charge in [-0.25, -0.2) is 0 Å². The van der Waals surface area contributed by atoms with Crippen molar-refractivity contribution in [1.29, 1.82) is 0 Å². The number of carbonyl (C=O) groups excluding carboxylic acids is 1. The van der Waals surface area contributed by atoms with Gasteiger partial charge in [-0.3, -0.25) is 4.79 Å². The molecule has 0 aliphatic rings. The maximum absolute atomic E-state index is 12.0. The van der Waals surface area contributed by atoms with Crippen molar-refractivity contribution in [3.8, 4) is 0 Å². The Morgan fingerprint density at radius 3 is 2.67 bits per heavy atom. The van der Waals surface area contributed by atoms with Gasteiger partial charge in [0.15, 0.2) is 0 Å². The second-order valence-electron chi connectivity index (χ2n) is 4.54. The second-order valence-corrected chi connectivity index (χ2v) is 5.49. The van der Waals surface area contributed by atoms with Crippen LogP contribution in [0.15, 0.2) is 63.5 Å². The van der Waals surface area contributed by atoms with Crippen LogP contribution in [0.5, 0.6) is 0 Å². The lowest BCUT2D eigenvalue weighted by Gasteiger charge is -2.26. The van der Waals surface area contributed by atoms with Crippen molar-refractivity contribution in [3.05, 3.63) is 70.7 Å². The molecule has 1 amide bonds. The fourth-order valence-corrected chi connectivity index (χ4v) is 2.89. The van der Waals surface area contributed by atoms with E-state index in [1.807, 2.05) is 17.5 Å². The number of rotatable bonds is 5. The van der Waals surface area contributed by atoms with Gasteiger partial charge in [-0.2, -0.15) is 0 Å². The summed E-state index contributed by atoms with van der Waals surface area (Å²) in [5.41, 5.74) is -0.311. The van der Waals surface area contributed by atoms with Crippen LogP contribution in [-0.4, -0.2) is 17.6 Å². The van der Waals surface area contributed by atoms with Gasteiger partial charge in [0.2, 0.25) is 0 Å². The number of hydrogen-bond donors (Lipinski definition) is 2. The maximum atomic E-state index is 12.0. The minimum absolute atomic E-state index is 0.0387. The van der Waals surface area contributed by atoms with Crippen LogP contribution in [0, 0.1) is 0 Å². The van der Waals surface area contributed by atoms with Crippen molar-refractivity contribution >= 4 is 17.2 Å². The Morgan fingerprint density at radius 2 is 2.05 bits per heavy atom. The average molecular weight is 303 g/mol. The molecule has 6 heteroatoms. The molecule has 0 radical (unpaired) electrons. The van der Waals surface area contributed by atoms with Crippen LogP contribution in [-0.2, 0) is 5.60 Å². The highest BCUT2D eigenvalue weighted by atomic mass is 32.1. The molecule has 0 fully saturated rings. The zero-order valence-corrected chi connectivity index (χ0v) is 11.8. The first-order valence-corrected chi connectivity index (χ1v) is 7.17. The standard InChI is InChI=1S/C15H13NO4S/c17-14(11-3-5-19-8-11)16-10-15(18,12-4-6-20-9-12)13-2-1-7-21-13/h1-9,18H,10H2,(H,16,17). The number of furan rings is 2. The summed E-state index contributed by atoms with van der Waals surface area (Å²) in [6, 6.07) is 6.92. The van der Waals surface area contributed by atoms with E-state index in [0.717, 1.165) is 4.88 Å². The lowest BCUT2D eigenvalue weighted by molar-refractivity contribution is 0.0714. The fraction of sp³-hybridized carbons (Fsp3) is 0.133. The Labute approximate surface area is 124 Å². The van der Waals surface area contributed by atoms with Gasteiger partial charge in [0.05, 0.1) is 30.9 Å². The van der Waals surface area contributed by atoms with Crippen LogP contribution < -0.4 is 5.32 Å². The third-order valence-electron chi connectivity index (χ3n) is 3.22. The van der Waals surface area contributed by atoms with Crippen LogP contribution in [0.3, 0.4) is 0 Å². The number of nitrogens with one attached hydrogen (secondary N) is 1. The van der Waals surface area contributed by atoms with E-state index < -0.39 is 5.60 Å². The molecule has 5 nitrogen and oxygen atoms in total. The predicted octanol–water partition coefficient (Wildman–Crippen LogP) is 2.60. The van der Waals surface area contributed by atoms with E-state index in [1.54, 1.807) is 12.1 Å². The van der Waals surface area contributed by atoms with E-state index in [1.165, 1.54) is 36.4 Å². The highest BCUT2D eigenvalue weighted by molar-refractivity contribution is 7.10. The lowest BCUT2D eigenvalue weighted by Crippen LogP contribution is -2.40. The smallest absolute Gasteiger partial charge is 0.254 e. The van der Waals surface area contributed by atoms with Gasteiger partial charge in [0.25, 0.3) is 5.91 Å². The van der Waals surface area contributed by atoms with Crippen LogP contribution in [0.1, 0.15) is 20.8 Å². The summed E-state index contributed by atoms with van der Waals surface area (Å²) in [6.07, 6.45) is 5.75. The summed E-state index contributed by atoms with van der Waals surface area (Å²) in [4.78, 5) is 12.7. The maximum Gasteiger partial charge on any atom is 0.254 e. The van der Waals surface area contributed by atoms with Gasteiger partial charge in [0, 0.05) is 10.4 Å². The molecule has 108 valence electrons. The molecule has 0 aromatic carbocycles. The van der Waals surface area contributed by atoms with Crippen molar-refractivity contribution in [2.45, 2.75) is 5.60 Å². The van der Waals surface area contributed by atoms with E-state index in [4.69, 9.17) is 8.83 Å². The van der Waals surface area contributed by atoms with Gasteiger partial charge in [-0.1, -0.05) is 6.07 Å². The second kappa shape index (κ2) is 5.59. The third-order valence-corrected chi connectivity index (χ3v) is 4.24. The zero-order valence-electron chi connectivity index (χ0n) is 11.0. The summed E-state index contributed by atoms with van der Waals surface area (Å²) in [5.74, 6) is -0.303. The van der Waals surface area contributed by atoms with Gasteiger partial charge >= 0.3 is 0 Å². The normalized spacial score (nSPS) is 13.8. The Bertz CT molecular complexity index is 652. The number of thiophene rings is 1. The van der Waals surface area contributed by atoms with Gasteiger partial charge in [0.1, 0.15) is 11.9 Å². The SMILES string of the molecule is O=C(NCC(O)(c1ccoc1)c1cccs1)c1ccoc1. The molecule has 3 aromatic heterocycles. The van der Waals surface area contributed by atoms with Crippen LogP contribution in [0.2, 0.25) is 0 Å². The first-order chi connectivity index (χ1) is 10.2. The molecule has 0 aliphatic carbocycles. The number of hydrogen-bond acceptors (Lipinski definition) is 5. The average Bonchev–Trinajstić information content (AvgIpc) is 3.27. The summed E-state index contributed by atoms with van der Waals surface area (Å²) >= 11 is 1.42. The molecule has 3 rings (SSSR count). The van der Waals surface area contributed by atoms with Crippen molar-refractivity contribution in [3.63, 3.8) is 0 Å². The third kappa shape index (κ3) is 2.63. The fourth-order valence-electron chi connectivity index (χ4n) is 2.05. The minimum Gasteiger partial charge on any atom is -0.472 e. The van der Waals surface area contributed by atoms with Crippen molar-refractivity contribution < 1.29 is 18.7 Å². The Morgan fingerprint density at radius 1 is 1.24 bits per heavy atom. The van der Waals surface area contributed by atoms with Crippen LogP contribution >= 0.6 is 11.3 Å². The molecule has 0 saturated heterocycles. The molecule has 0 bridgehead atoms. The first kappa shape index (κ1) is 13.7. The monoisotopic (exact) mass is 303 g/mol. The van der Waals surface area contributed by atoms with Gasteiger partial charge < -0.3 is 19.3 Å². The minimum atomic E-state index is -1.32. The number of carbonyl (C=O) groups is 1. The zero-order chi connectivity index (χ0) is 14.7. The van der Waals surface area contributed by atoms with E-state index in [2.05, 4.69) is 5.32 Å². The summed E-state index contributed by atoms with van der Waals surface area (Å²) in [5, 5.41) is 15.6. The summed E-state index contributed by atoms with van der Waals surface area (Å²) in [7, 11) is 0. The first-order valence-electron chi connectivity index (χ1n) is 6.29.